The Balaban J connectivity index is 1.74. The molecule has 6 nitrogen and oxygen atoms in total. The average Bonchev–Trinajstić information content (AvgIpc) is 3.15. The van der Waals surface area contributed by atoms with E-state index in [0.717, 1.165) is 22.7 Å². The number of barbiturate groups is 1. The molecule has 138 valence electrons. The van der Waals surface area contributed by atoms with Crippen LogP contribution in [0.25, 0.3) is 11.8 Å². The minimum Gasteiger partial charge on any atom is -0.317 e. The SMILES string of the molecule is O=C1NC(=O)N(c2ccc(F)cc2)C(=O)/C1=C\c1cccn1-c1ccccc1. The zero-order valence-corrected chi connectivity index (χ0v) is 14.5. The van der Waals surface area contributed by atoms with Gasteiger partial charge in [-0.2, -0.15) is 0 Å². The van der Waals surface area contributed by atoms with E-state index in [-0.39, 0.29) is 11.3 Å². The fraction of sp³-hybridized carbons (Fsp3) is 0. The van der Waals surface area contributed by atoms with Gasteiger partial charge in [0.1, 0.15) is 11.4 Å². The molecule has 2 heterocycles. The molecule has 28 heavy (non-hydrogen) atoms. The molecule has 0 bridgehead atoms. The number of halogens is 1. The highest BCUT2D eigenvalue weighted by Gasteiger charge is 2.37. The quantitative estimate of drug-likeness (QED) is 0.564. The van der Waals surface area contributed by atoms with Crippen LogP contribution in [-0.2, 0) is 9.59 Å². The number of hydrogen-bond donors (Lipinski definition) is 1. The molecule has 1 aliphatic rings. The standard InChI is InChI=1S/C21H14FN3O3/c22-14-8-10-16(11-9-14)25-20(27)18(19(26)23-21(25)28)13-17-7-4-12-24(17)15-5-2-1-3-6-15/h1-13H,(H,23,26,28)/b18-13-. The van der Waals surface area contributed by atoms with Crippen molar-refractivity contribution in [2.24, 2.45) is 0 Å². The number of aromatic nitrogens is 1. The molecule has 0 atom stereocenters. The van der Waals surface area contributed by atoms with Gasteiger partial charge in [0.2, 0.25) is 0 Å². The fourth-order valence-electron chi connectivity index (χ4n) is 2.97. The first-order valence-electron chi connectivity index (χ1n) is 8.44. The van der Waals surface area contributed by atoms with E-state index in [0.29, 0.717) is 5.69 Å². The predicted octanol–water partition coefficient (Wildman–Crippen LogP) is 3.28. The summed E-state index contributed by atoms with van der Waals surface area (Å²) in [6.07, 6.45) is 3.23. The monoisotopic (exact) mass is 375 g/mol. The van der Waals surface area contributed by atoms with E-state index in [9.17, 15) is 18.8 Å². The lowest BCUT2D eigenvalue weighted by atomic mass is 10.1. The molecule has 1 aromatic heterocycles. The number of para-hydroxylation sites is 1. The van der Waals surface area contributed by atoms with Gasteiger partial charge in [0.25, 0.3) is 11.8 Å². The number of imide groups is 2. The number of benzene rings is 2. The highest BCUT2D eigenvalue weighted by atomic mass is 19.1. The van der Waals surface area contributed by atoms with E-state index in [1.54, 1.807) is 18.3 Å². The molecule has 1 aliphatic heterocycles. The molecule has 4 rings (SSSR count). The molecule has 3 aromatic rings. The van der Waals surface area contributed by atoms with Crippen molar-refractivity contribution in [2.45, 2.75) is 0 Å². The predicted molar refractivity (Wildman–Crippen MR) is 101 cm³/mol. The van der Waals surface area contributed by atoms with Gasteiger partial charge in [-0.25, -0.2) is 14.1 Å². The zero-order chi connectivity index (χ0) is 19.7. The number of anilines is 1. The molecule has 0 spiro atoms. The molecule has 4 amide bonds. The van der Waals surface area contributed by atoms with E-state index in [2.05, 4.69) is 5.32 Å². The summed E-state index contributed by atoms with van der Waals surface area (Å²) in [5.74, 6) is -2.06. The summed E-state index contributed by atoms with van der Waals surface area (Å²) in [6, 6.07) is 16.9. The maximum atomic E-state index is 13.2. The lowest BCUT2D eigenvalue weighted by molar-refractivity contribution is -0.122. The summed E-state index contributed by atoms with van der Waals surface area (Å²) in [5.41, 5.74) is 1.42. The number of nitrogens with one attached hydrogen (secondary N) is 1. The Morgan fingerprint density at radius 3 is 2.25 bits per heavy atom. The minimum atomic E-state index is -0.878. The molecule has 0 radical (unpaired) electrons. The van der Waals surface area contributed by atoms with Crippen LogP contribution in [0.1, 0.15) is 5.69 Å². The Kier molecular flexibility index (Phi) is 4.33. The minimum absolute atomic E-state index is 0.167. The van der Waals surface area contributed by atoms with Crippen molar-refractivity contribution in [2.75, 3.05) is 4.90 Å². The lowest BCUT2D eigenvalue weighted by Crippen LogP contribution is -2.54. The molecule has 0 unspecified atom stereocenters. The Labute approximate surface area is 159 Å². The number of amides is 4. The Hall–Kier alpha value is -4.00. The van der Waals surface area contributed by atoms with Crippen LogP contribution in [0.15, 0.2) is 78.5 Å². The summed E-state index contributed by atoms with van der Waals surface area (Å²) in [5, 5.41) is 2.15. The molecule has 0 aliphatic carbocycles. The van der Waals surface area contributed by atoms with Crippen molar-refractivity contribution >= 4 is 29.6 Å². The van der Waals surface area contributed by atoms with E-state index >= 15 is 0 Å². The second-order valence-electron chi connectivity index (χ2n) is 6.07. The molecule has 1 fully saturated rings. The number of rotatable bonds is 3. The van der Waals surface area contributed by atoms with E-state index in [1.807, 2.05) is 34.9 Å². The van der Waals surface area contributed by atoms with Gasteiger partial charge < -0.3 is 4.57 Å². The molecular weight excluding hydrogens is 361 g/mol. The third kappa shape index (κ3) is 3.09. The van der Waals surface area contributed by atoms with Gasteiger partial charge in [-0.1, -0.05) is 18.2 Å². The average molecular weight is 375 g/mol. The number of nitrogens with zero attached hydrogens (tertiary/aromatic N) is 2. The molecular formula is C21H14FN3O3. The first-order chi connectivity index (χ1) is 13.5. The van der Waals surface area contributed by atoms with Crippen molar-refractivity contribution in [3.05, 3.63) is 90.0 Å². The Bertz CT molecular complexity index is 1100. The number of hydrogen-bond acceptors (Lipinski definition) is 3. The van der Waals surface area contributed by atoms with E-state index in [4.69, 9.17) is 0 Å². The first-order valence-corrected chi connectivity index (χ1v) is 8.44. The summed E-state index contributed by atoms with van der Waals surface area (Å²) < 4.78 is 15.0. The highest BCUT2D eigenvalue weighted by molar-refractivity contribution is 6.39. The number of urea groups is 1. The van der Waals surface area contributed by atoms with Gasteiger partial charge in [-0.05, 0) is 54.6 Å². The fourth-order valence-corrected chi connectivity index (χ4v) is 2.97. The van der Waals surface area contributed by atoms with E-state index < -0.39 is 23.7 Å². The van der Waals surface area contributed by atoms with E-state index in [1.165, 1.54) is 18.2 Å². The Morgan fingerprint density at radius 1 is 0.821 bits per heavy atom. The van der Waals surface area contributed by atoms with Gasteiger partial charge >= 0.3 is 6.03 Å². The van der Waals surface area contributed by atoms with Gasteiger partial charge in [-0.3, -0.25) is 14.9 Å². The maximum absolute atomic E-state index is 13.2. The largest absolute Gasteiger partial charge is 0.335 e. The van der Waals surface area contributed by atoms with Crippen LogP contribution in [0, 0.1) is 5.82 Å². The van der Waals surface area contributed by atoms with Gasteiger partial charge in [0, 0.05) is 17.6 Å². The lowest BCUT2D eigenvalue weighted by Gasteiger charge is -2.26. The van der Waals surface area contributed by atoms with Gasteiger partial charge in [-0.15, -0.1) is 0 Å². The van der Waals surface area contributed by atoms with Gasteiger partial charge in [0.15, 0.2) is 0 Å². The maximum Gasteiger partial charge on any atom is 0.335 e. The summed E-state index contributed by atoms with van der Waals surface area (Å²) in [6.45, 7) is 0. The van der Waals surface area contributed by atoms with Crippen LogP contribution >= 0.6 is 0 Å². The second kappa shape index (κ2) is 6.96. The van der Waals surface area contributed by atoms with Crippen molar-refractivity contribution in [3.8, 4) is 5.69 Å². The normalized spacial score (nSPS) is 15.8. The smallest absolute Gasteiger partial charge is 0.317 e. The van der Waals surface area contributed by atoms with Crippen molar-refractivity contribution in [1.82, 2.24) is 9.88 Å². The van der Waals surface area contributed by atoms with Crippen molar-refractivity contribution < 1.29 is 18.8 Å². The second-order valence-corrected chi connectivity index (χ2v) is 6.07. The van der Waals surface area contributed by atoms with Crippen molar-refractivity contribution in [3.63, 3.8) is 0 Å². The third-order valence-electron chi connectivity index (χ3n) is 4.29. The van der Waals surface area contributed by atoms with Crippen LogP contribution in [0.3, 0.4) is 0 Å². The summed E-state index contributed by atoms with van der Waals surface area (Å²) in [4.78, 5) is 38.2. The number of carbonyl (C=O) groups excluding carboxylic acids is 3. The molecule has 2 aromatic carbocycles. The molecule has 1 saturated heterocycles. The topological polar surface area (TPSA) is 71.4 Å². The van der Waals surface area contributed by atoms with Crippen molar-refractivity contribution in [1.29, 1.82) is 0 Å². The van der Waals surface area contributed by atoms with Crippen LogP contribution in [0.5, 0.6) is 0 Å². The Morgan fingerprint density at radius 2 is 1.54 bits per heavy atom. The van der Waals surface area contributed by atoms with Gasteiger partial charge in [0.05, 0.1) is 5.69 Å². The molecule has 0 saturated carbocycles. The highest BCUT2D eigenvalue weighted by Crippen LogP contribution is 2.23. The third-order valence-corrected chi connectivity index (χ3v) is 4.29. The zero-order valence-electron chi connectivity index (χ0n) is 14.5. The van der Waals surface area contributed by atoms with Crippen LogP contribution in [-0.4, -0.2) is 22.4 Å². The summed E-state index contributed by atoms with van der Waals surface area (Å²) in [7, 11) is 0. The molecule has 1 N–H and O–H groups in total. The summed E-state index contributed by atoms with van der Waals surface area (Å²) >= 11 is 0. The van der Waals surface area contributed by atoms with Crippen LogP contribution < -0.4 is 10.2 Å². The molecule has 7 heteroatoms. The van der Waals surface area contributed by atoms with Crippen LogP contribution in [0.4, 0.5) is 14.9 Å². The van der Waals surface area contributed by atoms with Crippen LogP contribution in [0.2, 0.25) is 0 Å². The first kappa shape index (κ1) is 17.4. The number of carbonyl (C=O) groups is 3.